The molecule has 7 nitrogen and oxygen atoms in total. The predicted molar refractivity (Wildman–Crippen MR) is 127 cm³/mol. The van der Waals surface area contributed by atoms with E-state index in [4.69, 9.17) is 4.74 Å². The zero-order valence-electron chi connectivity index (χ0n) is 20.9. The molecular weight excluding hydrogens is 416 g/mol. The van der Waals surface area contributed by atoms with E-state index in [1.54, 1.807) is 27.7 Å². The number of carbonyl (C=O) groups is 3. The molecule has 1 unspecified atom stereocenters. The normalized spacial score (nSPS) is 13.9. The van der Waals surface area contributed by atoms with Gasteiger partial charge in [0.15, 0.2) is 0 Å². The Labute approximate surface area is 193 Å². The van der Waals surface area contributed by atoms with Crippen molar-refractivity contribution >= 4 is 28.9 Å². The lowest BCUT2D eigenvalue weighted by molar-refractivity contribution is -0.149. The van der Waals surface area contributed by atoms with Crippen LogP contribution >= 0.6 is 11.9 Å². The van der Waals surface area contributed by atoms with Crippen LogP contribution in [0.2, 0.25) is 0 Å². The van der Waals surface area contributed by atoms with Crippen LogP contribution < -0.4 is 10.0 Å². The molecule has 0 aromatic carbocycles. The molecule has 0 aliphatic heterocycles. The number of carboxylic acids is 1. The van der Waals surface area contributed by atoms with E-state index in [1.807, 2.05) is 34.6 Å². The van der Waals surface area contributed by atoms with E-state index in [-0.39, 0.29) is 29.1 Å². The van der Waals surface area contributed by atoms with E-state index in [0.29, 0.717) is 25.5 Å². The zero-order chi connectivity index (χ0) is 24.5. The van der Waals surface area contributed by atoms with Crippen molar-refractivity contribution in [3.8, 4) is 0 Å². The summed E-state index contributed by atoms with van der Waals surface area (Å²) in [6.07, 6.45) is 2.25. The number of carbonyl (C=O) groups excluding carboxylic acids is 2. The summed E-state index contributed by atoms with van der Waals surface area (Å²) in [6.45, 7) is 18.0. The van der Waals surface area contributed by atoms with Crippen LogP contribution in [0, 0.1) is 16.7 Å². The van der Waals surface area contributed by atoms with Gasteiger partial charge in [-0.25, -0.2) is 0 Å². The van der Waals surface area contributed by atoms with Gasteiger partial charge in [-0.05, 0) is 71.7 Å². The van der Waals surface area contributed by atoms with Crippen LogP contribution in [0.4, 0.5) is 0 Å². The number of hydrogen-bond donors (Lipinski definition) is 3. The highest BCUT2D eigenvalue weighted by Gasteiger charge is 2.39. The highest BCUT2D eigenvalue weighted by Crippen LogP contribution is 2.37. The molecule has 3 N–H and O–H groups in total. The van der Waals surface area contributed by atoms with Crippen LogP contribution in [0.5, 0.6) is 0 Å². The molecule has 0 bridgehead atoms. The number of nitrogens with one attached hydrogen (secondary N) is 2. The minimum absolute atomic E-state index is 0.0544. The number of ether oxygens (including phenoxy) is 1. The highest BCUT2D eigenvalue weighted by molar-refractivity contribution is 8.12. The Bertz CT molecular complexity index is 603. The summed E-state index contributed by atoms with van der Waals surface area (Å²) in [5, 5.41) is 12.2. The van der Waals surface area contributed by atoms with Crippen LogP contribution in [0.3, 0.4) is 0 Å². The van der Waals surface area contributed by atoms with Crippen LogP contribution in [0.25, 0.3) is 0 Å². The molecule has 0 aromatic rings. The van der Waals surface area contributed by atoms with E-state index >= 15 is 0 Å². The molecule has 182 valence electrons. The maximum Gasteiger partial charge on any atom is 0.309 e. The van der Waals surface area contributed by atoms with Crippen molar-refractivity contribution in [1.29, 1.82) is 0 Å². The zero-order valence-corrected chi connectivity index (χ0v) is 21.7. The Morgan fingerprint density at radius 2 is 1.58 bits per heavy atom. The van der Waals surface area contributed by atoms with Crippen molar-refractivity contribution in [2.24, 2.45) is 16.7 Å². The topological polar surface area (TPSA) is 105 Å². The monoisotopic (exact) mass is 460 g/mol. The molecule has 0 fully saturated rings. The number of rotatable bonds is 15. The first kappa shape index (κ1) is 29.9. The van der Waals surface area contributed by atoms with Gasteiger partial charge >= 0.3 is 5.97 Å². The van der Waals surface area contributed by atoms with E-state index in [1.165, 1.54) is 0 Å². The minimum atomic E-state index is -0.959. The van der Waals surface area contributed by atoms with Crippen molar-refractivity contribution < 1.29 is 24.2 Å². The van der Waals surface area contributed by atoms with Gasteiger partial charge in [0, 0.05) is 31.0 Å². The SMILES string of the molecule is CC(C)CC(=O)NCCC(C)(C)OCCC(C)NSC(=O)C(C)(C)CC(C)(C)C(=O)O. The second kappa shape index (κ2) is 12.8. The summed E-state index contributed by atoms with van der Waals surface area (Å²) in [5.74, 6) is -0.490. The molecule has 0 spiro atoms. The van der Waals surface area contributed by atoms with Gasteiger partial charge in [0.1, 0.15) is 0 Å². The lowest BCUT2D eigenvalue weighted by atomic mass is 9.76. The van der Waals surface area contributed by atoms with Gasteiger partial charge in [-0.2, -0.15) is 0 Å². The number of carboxylic acid groups (broad SMARTS) is 1. The Morgan fingerprint density at radius 3 is 2.10 bits per heavy atom. The molecule has 0 heterocycles. The predicted octanol–water partition coefficient (Wildman–Crippen LogP) is 4.40. The lowest BCUT2D eigenvalue weighted by Gasteiger charge is -2.30. The second-order valence-corrected chi connectivity index (χ2v) is 11.6. The third-order valence-electron chi connectivity index (χ3n) is 5.05. The van der Waals surface area contributed by atoms with Crippen molar-refractivity contribution in [3.05, 3.63) is 0 Å². The van der Waals surface area contributed by atoms with Crippen molar-refractivity contribution in [3.63, 3.8) is 0 Å². The Kier molecular flexibility index (Phi) is 12.3. The summed E-state index contributed by atoms with van der Waals surface area (Å²) in [7, 11) is 0. The van der Waals surface area contributed by atoms with Gasteiger partial charge in [0.05, 0.1) is 11.0 Å². The summed E-state index contributed by atoms with van der Waals surface area (Å²) in [4.78, 5) is 35.7. The summed E-state index contributed by atoms with van der Waals surface area (Å²) in [6, 6.07) is 0.0544. The molecular formula is C23H44N2O5S. The van der Waals surface area contributed by atoms with Crippen LogP contribution in [-0.4, -0.2) is 46.9 Å². The van der Waals surface area contributed by atoms with Crippen molar-refractivity contribution in [1.82, 2.24) is 10.0 Å². The molecule has 0 rings (SSSR count). The third-order valence-corrected chi connectivity index (χ3v) is 6.31. The van der Waals surface area contributed by atoms with Crippen LogP contribution in [-0.2, 0) is 19.1 Å². The van der Waals surface area contributed by atoms with Crippen molar-refractivity contribution in [2.45, 2.75) is 99.6 Å². The van der Waals surface area contributed by atoms with E-state index < -0.39 is 16.8 Å². The van der Waals surface area contributed by atoms with Gasteiger partial charge in [0.25, 0.3) is 0 Å². The molecule has 0 saturated heterocycles. The number of aliphatic carboxylic acids is 1. The molecule has 0 aliphatic rings. The summed E-state index contributed by atoms with van der Waals surface area (Å²) in [5.41, 5.74) is -2.06. The fourth-order valence-corrected chi connectivity index (χ4v) is 3.91. The van der Waals surface area contributed by atoms with E-state index in [0.717, 1.165) is 24.8 Å². The Hall–Kier alpha value is -1.12. The quantitative estimate of drug-likeness (QED) is 0.311. The summed E-state index contributed by atoms with van der Waals surface area (Å²) >= 11 is 1.04. The Balaban J connectivity index is 4.27. The molecule has 0 radical (unpaired) electrons. The van der Waals surface area contributed by atoms with Crippen LogP contribution in [0.15, 0.2) is 0 Å². The first-order valence-corrected chi connectivity index (χ1v) is 11.9. The average Bonchev–Trinajstić information content (AvgIpc) is 2.57. The molecule has 0 aromatic heterocycles. The third kappa shape index (κ3) is 13.1. The standard InChI is InChI=1S/C23H44N2O5S/c1-16(2)14-18(26)24-12-11-23(8,9)30-13-10-17(3)25-31-20(29)22(6,7)15-21(4,5)19(27)28/h16-17,25H,10-15H2,1-9H3,(H,24,26)(H,27,28). The molecule has 1 amide bonds. The Morgan fingerprint density at radius 1 is 1.00 bits per heavy atom. The number of amides is 1. The van der Waals surface area contributed by atoms with E-state index in [2.05, 4.69) is 10.0 Å². The van der Waals surface area contributed by atoms with Crippen LogP contribution in [0.1, 0.15) is 88.0 Å². The first-order valence-electron chi connectivity index (χ1n) is 11.1. The molecule has 0 saturated carbocycles. The van der Waals surface area contributed by atoms with Gasteiger partial charge < -0.3 is 15.2 Å². The molecule has 1 atom stereocenters. The highest BCUT2D eigenvalue weighted by atomic mass is 32.2. The lowest BCUT2D eigenvalue weighted by Crippen LogP contribution is -2.36. The number of hydrogen-bond acceptors (Lipinski definition) is 6. The second-order valence-electron chi connectivity index (χ2n) is 10.8. The van der Waals surface area contributed by atoms with Gasteiger partial charge in [-0.1, -0.05) is 27.7 Å². The van der Waals surface area contributed by atoms with Crippen molar-refractivity contribution in [2.75, 3.05) is 13.2 Å². The summed E-state index contributed by atoms with van der Waals surface area (Å²) < 4.78 is 9.13. The van der Waals surface area contributed by atoms with Gasteiger partial charge in [-0.3, -0.25) is 19.1 Å². The van der Waals surface area contributed by atoms with E-state index in [9.17, 15) is 19.5 Å². The first-order chi connectivity index (χ1) is 14.0. The smallest absolute Gasteiger partial charge is 0.309 e. The van der Waals surface area contributed by atoms with Gasteiger partial charge in [-0.15, -0.1) is 0 Å². The average molecular weight is 461 g/mol. The molecule has 8 heteroatoms. The maximum atomic E-state index is 12.6. The van der Waals surface area contributed by atoms with Gasteiger partial charge in [0.2, 0.25) is 11.0 Å². The fourth-order valence-electron chi connectivity index (χ4n) is 3.13. The molecule has 0 aliphatic carbocycles. The molecule has 31 heavy (non-hydrogen) atoms. The fraction of sp³-hybridized carbons (Fsp3) is 0.870. The maximum absolute atomic E-state index is 12.6. The largest absolute Gasteiger partial charge is 0.481 e. The minimum Gasteiger partial charge on any atom is -0.481 e.